The summed E-state index contributed by atoms with van der Waals surface area (Å²) in [5.41, 5.74) is 0.758. The summed E-state index contributed by atoms with van der Waals surface area (Å²) in [7, 11) is 0. The lowest BCUT2D eigenvalue weighted by atomic mass is 10.1. The van der Waals surface area contributed by atoms with Crippen LogP contribution in [0.4, 0.5) is 4.39 Å². The van der Waals surface area contributed by atoms with Crippen molar-refractivity contribution in [3.63, 3.8) is 0 Å². The van der Waals surface area contributed by atoms with Crippen LogP contribution < -0.4 is 5.32 Å². The number of nitrogens with one attached hydrogen (secondary N) is 1. The molecule has 1 heterocycles. The first-order valence-corrected chi connectivity index (χ1v) is 7.23. The van der Waals surface area contributed by atoms with Crippen molar-refractivity contribution in [2.45, 2.75) is 25.5 Å². The van der Waals surface area contributed by atoms with Gasteiger partial charge >= 0.3 is 0 Å². The lowest BCUT2D eigenvalue weighted by Gasteiger charge is -2.12. The number of aliphatic imine (C=N–C) groups is 1. The second kappa shape index (κ2) is 6.23. The Hall–Kier alpha value is -1.03. The maximum Gasteiger partial charge on any atom is 0.156 e. The molecule has 1 atom stereocenters. The third kappa shape index (κ3) is 3.48. The van der Waals surface area contributed by atoms with Crippen molar-refractivity contribution in [2.75, 3.05) is 13.1 Å². The van der Waals surface area contributed by atoms with Crippen molar-refractivity contribution in [2.24, 2.45) is 10.9 Å². The van der Waals surface area contributed by atoms with E-state index < -0.39 is 0 Å². The average Bonchev–Trinajstić information content (AvgIpc) is 2.80. The van der Waals surface area contributed by atoms with Crippen LogP contribution in [-0.4, -0.2) is 23.5 Å². The van der Waals surface area contributed by atoms with E-state index in [1.165, 1.54) is 6.07 Å². The Balaban J connectivity index is 1.75. The summed E-state index contributed by atoms with van der Waals surface area (Å²) in [5, 5.41) is 4.88. The maximum atomic E-state index is 13.4. The third-order valence-electron chi connectivity index (χ3n) is 3.05. The Kier molecular flexibility index (Phi) is 4.64. The number of amidine groups is 1. The maximum absolute atomic E-state index is 13.4. The first-order chi connectivity index (χ1) is 8.66. The van der Waals surface area contributed by atoms with Gasteiger partial charge in [-0.25, -0.2) is 4.39 Å². The fourth-order valence-corrected chi connectivity index (χ4v) is 2.88. The van der Waals surface area contributed by atoms with Crippen LogP contribution in [0, 0.1) is 11.7 Å². The Bertz CT molecular complexity index is 432. The summed E-state index contributed by atoms with van der Waals surface area (Å²) in [6.07, 6.45) is 0.693. The van der Waals surface area contributed by atoms with Gasteiger partial charge in [-0.3, -0.25) is 4.99 Å². The van der Waals surface area contributed by atoms with Crippen LogP contribution in [0.1, 0.15) is 19.4 Å². The summed E-state index contributed by atoms with van der Waals surface area (Å²) in [5.74, 6) is 0.519. The van der Waals surface area contributed by atoms with Crippen molar-refractivity contribution >= 4 is 16.9 Å². The summed E-state index contributed by atoms with van der Waals surface area (Å²) >= 11 is 1.80. The number of nitrogens with zero attached hydrogens (tertiary/aromatic N) is 1. The second-order valence-electron chi connectivity index (χ2n) is 4.81. The van der Waals surface area contributed by atoms with Crippen molar-refractivity contribution in [3.05, 3.63) is 35.6 Å². The molecule has 0 aliphatic carbocycles. The van der Waals surface area contributed by atoms with E-state index in [1.54, 1.807) is 17.8 Å². The normalized spacial score (nSPS) is 19.1. The number of benzene rings is 1. The van der Waals surface area contributed by atoms with Gasteiger partial charge in [0.25, 0.3) is 0 Å². The van der Waals surface area contributed by atoms with Crippen molar-refractivity contribution in [3.8, 4) is 0 Å². The predicted octanol–water partition coefficient (Wildman–Crippen LogP) is 3.09. The van der Waals surface area contributed by atoms with E-state index in [2.05, 4.69) is 24.2 Å². The quantitative estimate of drug-likeness (QED) is 0.905. The molecule has 1 aromatic carbocycles. The van der Waals surface area contributed by atoms with Crippen LogP contribution >= 0.6 is 11.8 Å². The molecule has 0 amide bonds. The lowest BCUT2D eigenvalue weighted by molar-refractivity contribution is 0.607. The third-order valence-corrected chi connectivity index (χ3v) is 4.54. The first-order valence-electron chi connectivity index (χ1n) is 6.35. The molecule has 0 fully saturated rings. The zero-order chi connectivity index (χ0) is 13.0. The molecule has 0 saturated carbocycles. The zero-order valence-electron chi connectivity index (χ0n) is 10.8. The van der Waals surface area contributed by atoms with E-state index in [1.807, 2.05) is 12.1 Å². The summed E-state index contributed by atoms with van der Waals surface area (Å²) in [6, 6.07) is 6.93. The number of hydrogen-bond donors (Lipinski definition) is 1. The molecule has 0 saturated heterocycles. The zero-order valence-corrected chi connectivity index (χ0v) is 11.6. The molecule has 2 nitrogen and oxygen atoms in total. The van der Waals surface area contributed by atoms with Gasteiger partial charge in [-0.2, -0.15) is 0 Å². The van der Waals surface area contributed by atoms with Gasteiger partial charge in [-0.1, -0.05) is 43.8 Å². The number of thioether (sulfide) groups is 1. The van der Waals surface area contributed by atoms with Crippen molar-refractivity contribution in [1.82, 2.24) is 5.32 Å². The molecule has 0 spiro atoms. The molecule has 1 unspecified atom stereocenters. The van der Waals surface area contributed by atoms with E-state index in [4.69, 9.17) is 0 Å². The van der Waals surface area contributed by atoms with Crippen LogP contribution in [0.5, 0.6) is 0 Å². The molecule has 4 heteroatoms. The van der Waals surface area contributed by atoms with E-state index >= 15 is 0 Å². The molecule has 1 aliphatic heterocycles. The SMILES string of the molecule is CC(C)C1CN=C(NCCc2ccccc2F)S1. The minimum Gasteiger partial charge on any atom is -0.365 e. The highest BCUT2D eigenvalue weighted by Gasteiger charge is 2.21. The van der Waals surface area contributed by atoms with Gasteiger partial charge in [0.15, 0.2) is 5.17 Å². The van der Waals surface area contributed by atoms with Crippen LogP contribution in [-0.2, 0) is 6.42 Å². The number of hydrogen-bond acceptors (Lipinski definition) is 3. The molecule has 0 radical (unpaired) electrons. The van der Waals surface area contributed by atoms with Gasteiger partial charge < -0.3 is 5.32 Å². The molecule has 2 rings (SSSR count). The van der Waals surface area contributed by atoms with E-state index in [-0.39, 0.29) is 5.82 Å². The minimum absolute atomic E-state index is 0.125. The summed E-state index contributed by atoms with van der Waals surface area (Å²) in [4.78, 5) is 4.47. The largest absolute Gasteiger partial charge is 0.365 e. The van der Waals surface area contributed by atoms with E-state index in [9.17, 15) is 4.39 Å². The van der Waals surface area contributed by atoms with Gasteiger partial charge in [0.05, 0.1) is 6.54 Å². The molecule has 0 aromatic heterocycles. The van der Waals surface area contributed by atoms with Gasteiger partial charge in [-0.15, -0.1) is 0 Å². The van der Waals surface area contributed by atoms with Crippen molar-refractivity contribution in [1.29, 1.82) is 0 Å². The molecule has 1 aromatic rings. The van der Waals surface area contributed by atoms with Crippen LogP contribution in [0.3, 0.4) is 0 Å². The standard InChI is InChI=1S/C14H19FN2S/c1-10(2)13-9-17-14(18-13)16-8-7-11-5-3-4-6-12(11)15/h3-6,10,13H,7-9H2,1-2H3,(H,16,17). The second-order valence-corrected chi connectivity index (χ2v) is 6.04. The van der Waals surface area contributed by atoms with Crippen LogP contribution in [0.25, 0.3) is 0 Å². The highest BCUT2D eigenvalue weighted by Crippen LogP contribution is 2.25. The molecular weight excluding hydrogens is 247 g/mol. The van der Waals surface area contributed by atoms with Gasteiger partial charge in [0.1, 0.15) is 5.82 Å². The minimum atomic E-state index is -0.125. The van der Waals surface area contributed by atoms with Gasteiger partial charge in [0.2, 0.25) is 0 Å². The van der Waals surface area contributed by atoms with Crippen LogP contribution in [0.2, 0.25) is 0 Å². The van der Waals surface area contributed by atoms with Gasteiger partial charge in [-0.05, 0) is 24.0 Å². The molecule has 1 N–H and O–H groups in total. The summed E-state index contributed by atoms with van der Waals surface area (Å²) in [6.45, 7) is 6.06. The molecule has 1 aliphatic rings. The molecular formula is C14H19FN2S. The molecule has 0 bridgehead atoms. The number of rotatable bonds is 4. The van der Waals surface area contributed by atoms with Crippen molar-refractivity contribution < 1.29 is 4.39 Å². The Morgan fingerprint density at radius 2 is 2.22 bits per heavy atom. The lowest BCUT2D eigenvalue weighted by Crippen LogP contribution is -2.23. The van der Waals surface area contributed by atoms with E-state index in [0.717, 1.165) is 23.8 Å². The fourth-order valence-electron chi connectivity index (χ4n) is 1.84. The fraction of sp³-hybridized carbons (Fsp3) is 0.500. The first kappa shape index (κ1) is 13.4. The Morgan fingerprint density at radius 3 is 2.89 bits per heavy atom. The monoisotopic (exact) mass is 266 g/mol. The number of halogens is 1. The Morgan fingerprint density at radius 1 is 1.44 bits per heavy atom. The van der Waals surface area contributed by atoms with Crippen LogP contribution in [0.15, 0.2) is 29.3 Å². The molecule has 18 heavy (non-hydrogen) atoms. The van der Waals surface area contributed by atoms with Gasteiger partial charge in [0, 0.05) is 11.8 Å². The molecule has 98 valence electrons. The smallest absolute Gasteiger partial charge is 0.156 e. The highest BCUT2D eigenvalue weighted by molar-refractivity contribution is 8.14. The predicted molar refractivity (Wildman–Crippen MR) is 76.6 cm³/mol. The average molecular weight is 266 g/mol. The topological polar surface area (TPSA) is 24.4 Å². The summed E-state index contributed by atoms with van der Waals surface area (Å²) < 4.78 is 13.4. The van der Waals surface area contributed by atoms with E-state index in [0.29, 0.717) is 17.6 Å². The highest BCUT2D eigenvalue weighted by atomic mass is 32.2. The Labute approximate surface area is 112 Å².